The highest BCUT2D eigenvalue weighted by Crippen LogP contribution is 2.34. The van der Waals surface area contributed by atoms with Gasteiger partial charge in [0.2, 0.25) is 5.91 Å². The van der Waals surface area contributed by atoms with Crippen LogP contribution in [0.1, 0.15) is 5.56 Å². The Labute approximate surface area is 165 Å². The molecule has 1 aromatic carbocycles. The number of para-hydroxylation sites is 1. The molecule has 2 fully saturated rings. The Morgan fingerprint density at radius 3 is 2.92 bits per heavy atom. The molecule has 0 saturated carbocycles. The molecule has 2 aliphatic heterocycles. The summed E-state index contributed by atoms with van der Waals surface area (Å²) in [5.74, 6) is 1.30. The Bertz CT molecular complexity index is 768. The second-order valence-electron chi connectivity index (χ2n) is 5.79. The van der Waals surface area contributed by atoms with E-state index < -0.39 is 6.10 Å². The smallest absolute Gasteiger partial charge is 0.266 e. The molecule has 0 bridgehead atoms. The van der Waals surface area contributed by atoms with Crippen LogP contribution < -0.4 is 10.1 Å². The molecule has 0 unspecified atom stereocenters. The summed E-state index contributed by atoms with van der Waals surface area (Å²) in [7, 11) is 1.57. The number of hydrogen-bond donors (Lipinski definition) is 2. The van der Waals surface area contributed by atoms with Crippen molar-refractivity contribution < 1.29 is 19.4 Å². The summed E-state index contributed by atoms with van der Waals surface area (Å²) < 4.78 is 5.63. The molecule has 2 atom stereocenters. The molecule has 9 heteroatoms. The van der Waals surface area contributed by atoms with Crippen LogP contribution in [0.4, 0.5) is 0 Å². The van der Waals surface area contributed by atoms with Gasteiger partial charge in [-0.05, 0) is 12.1 Å². The minimum atomic E-state index is -0.555. The van der Waals surface area contributed by atoms with E-state index in [0.717, 1.165) is 17.3 Å². The molecule has 2 N–H and O–H groups in total. The van der Waals surface area contributed by atoms with E-state index in [9.17, 15) is 14.7 Å². The minimum Gasteiger partial charge on any atom is -0.496 e. The summed E-state index contributed by atoms with van der Waals surface area (Å²) in [5, 5.41) is 12.6. The van der Waals surface area contributed by atoms with Gasteiger partial charge in [-0.1, -0.05) is 42.2 Å². The van der Waals surface area contributed by atoms with Gasteiger partial charge in [-0.3, -0.25) is 14.5 Å². The van der Waals surface area contributed by atoms with Crippen LogP contribution in [0.3, 0.4) is 0 Å². The maximum atomic E-state index is 12.6. The first kappa shape index (κ1) is 19.2. The number of nitrogens with zero attached hydrogens (tertiary/aromatic N) is 1. The third-order valence-electron chi connectivity index (χ3n) is 4.00. The standard InChI is InChI=1S/C17H18N2O4S3/c1-23-13-5-3-2-4-10(13)6-14-16(22)19(17(24)26-14)7-15(21)18-11-8-25-9-12(11)20/h2-6,11-12,20H,7-9H2,1H3,(H,18,21)/t11-,12+/m1/s1. The number of benzene rings is 1. The van der Waals surface area contributed by atoms with Crippen molar-refractivity contribution in [2.45, 2.75) is 12.1 Å². The summed E-state index contributed by atoms with van der Waals surface area (Å²) in [4.78, 5) is 26.6. The number of amides is 2. The van der Waals surface area contributed by atoms with Gasteiger partial charge in [0.25, 0.3) is 5.91 Å². The molecule has 2 saturated heterocycles. The summed E-state index contributed by atoms with van der Waals surface area (Å²) in [6, 6.07) is 7.08. The van der Waals surface area contributed by atoms with Crippen LogP contribution in [0.5, 0.6) is 5.75 Å². The molecule has 2 heterocycles. The summed E-state index contributed by atoms with van der Waals surface area (Å²) in [6.07, 6.45) is 1.16. The zero-order valence-corrected chi connectivity index (χ0v) is 16.5. The van der Waals surface area contributed by atoms with Crippen molar-refractivity contribution in [2.24, 2.45) is 0 Å². The van der Waals surface area contributed by atoms with Crippen LogP contribution in [0.2, 0.25) is 0 Å². The fraction of sp³-hybridized carbons (Fsp3) is 0.353. The highest BCUT2D eigenvalue weighted by atomic mass is 32.2. The molecule has 26 heavy (non-hydrogen) atoms. The Kier molecular flexibility index (Phi) is 6.23. The van der Waals surface area contributed by atoms with E-state index in [1.807, 2.05) is 24.3 Å². The number of carbonyl (C=O) groups is 2. The zero-order valence-electron chi connectivity index (χ0n) is 14.0. The number of nitrogens with one attached hydrogen (secondary N) is 1. The Morgan fingerprint density at radius 2 is 2.23 bits per heavy atom. The number of ether oxygens (including phenoxy) is 1. The molecular formula is C17H18N2O4S3. The van der Waals surface area contributed by atoms with Gasteiger partial charge in [0.05, 0.1) is 24.2 Å². The lowest BCUT2D eigenvalue weighted by atomic mass is 10.2. The van der Waals surface area contributed by atoms with Crippen LogP contribution in [0, 0.1) is 0 Å². The first-order chi connectivity index (χ1) is 12.5. The molecule has 0 aromatic heterocycles. The number of rotatable bonds is 5. The van der Waals surface area contributed by atoms with Crippen LogP contribution >= 0.6 is 35.7 Å². The number of aliphatic hydroxyl groups is 1. The van der Waals surface area contributed by atoms with E-state index in [1.54, 1.807) is 24.9 Å². The van der Waals surface area contributed by atoms with Crippen LogP contribution in [0.15, 0.2) is 29.2 Å². The normalized spacial score (nSPS) is 24.4. The average molecular weight is 411 g/mol. The van der Waals surface area contributed by atoms with E-state index in [0.29, 0.717) is 26.5 Å². The minimum absolute atomic E-state index is 0.151. The second-order valence-corrected chi connectivity index (χ2v) is 8.54. The highest BCUT2D eigenvalue weighted by molar-refractivity contribution is 8.26. The molecule has 3 rings (SSSR count). The first-order valence-corrected chi connectivity index (χ1v) is 10.3. The Hall–Kier alpha value is -1.55. The van der Waals surface area contributed by atoms with E-state index in [1.165, 1.54) is 4.90 Å². The average Bonchev–Trinajstić information content (AvgIpc) is 3.13. The number of methoxy groups -OCH3 is 1. The maximum absolute atomic E-state index is 12.6. The molecule has 1 aromatic rings. The van der Waals surface area contributed by atoms with Gasteiger partial charge in [0.15, 0.2) is 0 Å². The zero-order chi connectivity index (χ0) is 18.7. The van der Waals surface area contributed by atoms with E-state index >= 15 is 0 Å². The molecular weight excluding hydrogens is 392 g/mol. The van der Waals surface area contributed by atoms with E-state index in [2.05, 4.69) is 5.32 Å². The van der Waals surface area contributed by atoms with Crippen molar-refractivity contribution in [2.75, 3.05) is 25.2 Å². The summed E-state index contributed by atoms with van der Waals surface area (Å²) in [5.41, 5.74) is 0.769. The molecule has 138 valence electrons. The number of aliphatic hydroxyl groups excluding tert-OH is 1. The van der Waals surface area contributed by atoms with Crippen molar-refractivity contribution >= 4 is 58.0 Å². The van der Waals surface area contributed by atoms with Crippen molar-refractivity contribution in [3.8, 4) is 5.75 Å². The van der Waals surface area contributed by atoms with Gasteiger partial charge in [-0.15, -0.1) is 0 Å². The number of thioether (sulfide) groups is 2. The van der Waals surface area contributed by atoms with Gasteiger partial charge in [0, 0.05) is 17.1 Å². The molecule has 0 spiro atoms. The lowest BCUT2D eigenvalue weighted by Crippen LogP contribution is -2.47. The van der Waals surface area contributed by atoms with Crippen molar-refractivity contribution in [3.05, 3.63) is 34.7 Å². The van der Waals surface area contributed by atoms with Crippen LogP contribution in [0.25, 0.3) is 6.08 Å². The van der Waals surface area contributed by atoms with E-state index in [-0.39, 0.29) is 24.4 Å². The number of hydrogen-bond acceptors (Lipinski definition) is 7. The van der Waals surface area contributed by atoms with E-state index in [4.69, 9.17) is 17.0 Å². The summed E-state index contributed by atoms with van der Waals surface area (Å²) >= 11 is 8.00. The predicted molar refractivity (Wildman–Crippen MR) is 108 cm³/mol. The largest absolute Gasteiger partial charge is 0.496 e. The number of thiocarbonyl (C=S) groups is 1. The SMILES string of the molecule is COc1ccccc1C=C1SC(=S)N(CC(=O)N[C@@H]2CSC[C@@H]2O)C1=O. The topological polar surface area (TPSA) is 78.9 Å². The fourth-order valence-electron chi connectivity index (χ4n) is 2.64. The van der Waals surface area contributed by atoms with Crippen molar-refractivity contribution in [3.63, 3.8) is 0 Å². The lowest BCUT2D eigenvalue weighted by molar-refractivity contribution is -0.129. The van der Waals surface area contributed by atoms with Crippen molar-refractivity contribution in [1.29, 1.82) is 0 Å². The third kappa shape index (κ3) is 4.22. The molecule has 0 aliphatic carbocycles. The van der Waals surface area contributed by atoms with Gasteiger partial charge >= 0.3 is 0 Å². The van der Waals surface area contributed by atoms with Crippen molar-refractivity contribution in [1.82, 2.24) is 10.2 Å². The Balaban J connectivity index is 1.68. The molecule has 0 radical (unpaired) electrons. The lowest BCUT2D eigenvalue weighted by Gasteiger charge is -2.18. The predicted octanol–water partition coefficient (Wildman–Crippen LogP) is 1.49. The van der Waals surface area contributed by atoms with Crippen LogP contribution in [-0.4, -0.2) is 63.4 Å². The number of carbonyl (C=O) groups excluding carboxylic acids is 2. The molecule has 2 amide bonds. The first-order valence-electron chi connectivity index (χ1n) is 7.93. The Morgan fingerprint density at radius 1 is 1.46 bits per heavy atom. The molecule has 6 nitrogen and oxygen atoms in total. The quantitative estimate of drug-likeness (QED) is 0.562. The maximum Gasteiger partial charge on any atom is 0.266 e. The highest BCUT2D eigenvalue weighted by Gasteiger charge is 2.35. The van der Waals surface area contributed by atoms with Crippen LogP contribution in [-0.2, 0) is 9.59 Å². The van der Waals surface area contributed by atoms with Gasteiger partial charge < -0.3 is 15.2 Å². The third-order valence-corrected chi connectivity index (χ3v) is 6.55. The van der Waals surface area contributed by atoms with Gasteiger partial charge in [0.1, 0.15) is 16.6 Å². The summed E-state index contributed by atoms with van der Waals surface area (Å²) in [6.45, 7) is -0.151. The second kappa shape index (κ2) is 8.43. The monoisotopic (exact) mass is 410 g/mol. The fourth-order valence-corrected chi connectivity index (χ4v) is 5.06. The van der Waals surface area contributed by atoms with Gasteiger partial charge in [-0.2, -0.15) is 11.8 Å². The van der Waals surface area contributed by atoms with Gasteiger partial charge in [-0.25, -0.2) is 0 Å². The molecule has 2 aliphatic rings.